The lowest BCUT2D eigenvalue weighted by atomic mass is 10.0. The number of likely N-dealkylation sites (N-methyl/N-ethyl adjacent to an activating group) is 1. The summed E-state index contributed by atoms with van der Waals surface area (Å²) < 4.78 is 0. The zero-order valence-corrected chi connectivity index (χ0v) is 12.4. The van der Waals surface area contributed by atoms with Crippen LogP contribution in [0.1, 0.15) is 23.6 Å². The van der Waals surface area contributed by atoms with E-state index in [2.05, 4.69) is 43.1 Å². The van der Waals surface area contributed by atoms with Crippen LogP contribution >= 0.6 is 0 Å². The van der Waals surface area contributed by atoms with Crippen molar-refractivity contribution >= 4 is 12.0 Å². The number of benzene rings is 1. The summed E-state index contributed by atoms with van der Waals surface area (Å²) in [4.78, 5) is 16.8. The third-order valence-corrected chi connectivity index (χ3v) is 4.39. The predicted molar refractivity (Wildman–Crippen MR) is 81.6 cm³/mol. The standard InChI is InChI=1S/C17H22N2O/c1-3-13-4-5-14-11-16(12-15(14)10-13)17(20)19-8-6-18(2)7-9-19/h4-5,10,12H,3,6-9,11H2,1-2H3. The molecule has 3 heteroatoms. The van der Waals surface area contributed by atoms with Crippen molar-refractivity contribution in [2.75, 3.05) is 33.2 Å². The quantitative estimate of drug-likeness (QED) is 0.820. The molecular formula is C17H22N2O. The largest absolute Gasteiger partial charge is 0.336 e. The highest BCUT2D eigenvalue weighted by molar-refractivity contribution is 6.00. The fourth-order valence-electron chi connectivity index (χ4n) is 2.95. The summed E-state index contributed by atoms with van der Waals surface area (Å²) in [6.07, 6.45) is 3.93. The van der Waals surface area contributed by atoms with Crippen molar-refractivity contribution in [3.8, 4) is 0 Å². The Morgan fingerprint density at radius 3 is 2.65 bits per heavy atom. The topological polar surface area (TPSA) is 23.6 Å². The molecule has 20 heavy (non-hydrogen) atoms. The molecule has 2 aliphatic rings. The molecule has 0 radical (unpaired) electrons. The molecule has 1 heterocycles. The fraction of sp³-hybridized carbons (Fsp3) is 0.471. The second kappa shape index (κ2) is 5.41. The van der Waals surface area contributed by atoms with Crippen molar-refractivity contribution in [2.45, 2.75) is 19.8 Å². The highest BCUT2D eigenvalue weighted by Gasteiger charge is 2.25. The summed E-state index contributed by atoms with van der Waals surface area (Å²) in [5, 5.41) is 0. The lowest BCUT2D eigenvalue weighted by Gasteiger charge is -2.32. The molecule has 106 valence electrons. The number of carbonyl (C=O) groups is 1. The van der Waals surface area contributed by atoms with E-state index in [0.29, 0.717) is 0 Å². The first-order chi connectivity index (χ1) is 9.67. The molecule has 3 rings (SSSR count). The average Bonchev–Trinajstić information content (AvgIpc) is 2.90. The molecule has 0 unspecified atom stereocenters. The van der Waals surface area contributed by atoms with Gasteiger partial charge in [0.2, 0.25) is 5.91 Å². The average molecular weight is 270 g/mol. The molecule has 0 N–H and O–H groups in total. The molecule has 0 atom stereocenters. The first-order valence-electron chi connectivity index (χ1n) is 7.47. The van der Waals surface area contributed by atoms with E-state index in [1.165, 1.54) is 16.7 Å². The third-order valence-electron chi connectivity index (χ3n) is 4.39. The van der Waals surface area contributed by atoms with Crippen LogP contribution in [0.5, 0.6) is 0 Å². The summed E-state index contributed by atoms with van der Waals surface area (Å²) >= 11 is 0. The molecule has 1 aliphatic carbocycles. The second-order valence-electron chi connectivity index (χ2n) is 5.83. The van der Waals surface area contributed by atoms with Crippen LogP contribution in [0.4, 0.5) is 0 Å². The number of rotatable bonds is 2. The molecule has 1 aliphatic heterocycles. The number of hydrogen-bond acceptors (Lipinski definition) is 2. The number of fused-ring (bicyclic) bond motifs is 1. The maximum Gasteiger partial charge on any atom is 0.250 e. The number of hydrogen-bond donors (Lipinski definition) is 0. The molecule has 1 fully saturated rings. The zero-order valence-electron chi connectivity index (χ0n) is 12.4. The molecule has 0 bridgehead atoms. The van der Waals surface area contributed by atoms with Crippen molar-refractivity contribution < 1.29 is 4.79 Å². The summed E-state index contributed by atoms with van der Waals surface area (Å²) in [6, 6.07) is 6.57. The van der Waals surface area contributed by atoms with E-state index in [1.807, 2.05) is 4.90 Å². The van der Waals surface area contributed by atoms with E-state index in [-0.39, 0.29) is 5.91 Å². The van der Waals surface area contributed by atoms with Gasteiger partial charge in [0.15, 0.2) is 0 Å². The van der Waals surface area contributed by atoms with Gasteiger partial charge in [0.1, 0.15) is 0 Å². The smallest absolute Gasteiger partial charge is 0.250 e. The lowest BCUT2D eigenvalue weighted by Crippen LogP contribution is -2.47. The predicted octanol–water partition coefficient (Wildman–Crippen LogP) is 1.96. The van der Waals surface area contributed by atoms with Crippen molar-refractivity contribution in [1.82, 2.24) is 9.80 Å². The number of amides is 1. The highest BCUT2D eigenvalue weighted by Crippen LogP contribution is 2.27. The van der Waals surface area contributed by atoms with Crippen LogP contribution in [0, 0.1) is 0 Å². The minimum atomic E-state index is 0.229. The van der Waals surface area contributed by atoms with Gasteiger partial charge in [-0.05, 0) is 36.2 Å². The van der Waals surface area contributed by atoms with Crippen molar-refractivity contribution in [2.24, 2.45) is 0 Å². The minimum absolute atomic E-state index is 0.229. The third kappa shape index (κ3) is 2.50. The van der Waals surface area contributed by atoms with Crippen molar-refractivity contribution in [1.29, 1.82) is 0 Å². The Hall–Kier alpha value is -1.61. The van der Waals surface area contributed by atoms with Crippen LogP contribution in [0.2, 0.25) is 0 Å². The maximum absolute atomic E-state index is 12.6. The van der Waals surface area contributed by atoms with Crippen molar-refractivity contribution in [3.63, 3.8) is 0 Å². The Labute approximate surface area is 120 Å². The summed E-state index contributed by atoms with van der Waals surface area (Å²) in [5.41, 5.74) is 4.83. The number of piperazine rings is 1. The van der Waals surface area contributed by atoms with Gasteiger partial charge in [-0.2, -0.15) is 0 Å². The minimum Gasteiger partial charge on any atom is -0.336 e. The molecule has 0 spiro atoms. The summed E-state index contributed by atoms with van der Waals surface area (Å²) in [7, 11) is 2.11. The van der Waals surface area contributed by atoms with E-state index in [0.717, 1.165) is 44.6 Å². The number of aryl methyl sites for hydroxylation is 1. The fourth-order valence-corrected chi connectivity index (χ4v) is 2.95. The molecule has 1 amide bonds. The van der Waals surface area contributed by atoms with E-state index in [9.17, 15) is 4.79 Å². The Morgan fingerprint density at radius 2 is 1.95 bits per heavy atom. The molecular weight excluding hydrogens is 248 g/mol. The van der Waals surface area contributed by atoms with E-state index < -0.39 is 0 Å². The summed E-state index contributed by atoms with van der Waals surface area (Å²) in [5.74, 6) is 0.229. The van der Waals surface area contributed by atoms with E-state index >= 15 is 0 Å². The Bertz CT molecular complexity index is 554. The SMILES string of the molecule is CCc1ccc2c(c1)C=C(C(=O)N1CCN(C)CC1)C2. The van der Waals surface area contributed by atoms with Crippen LogP contribution < -0.4 is 0 Å². The molecule has 1 aromatic carbocycles. The van der Waals surface area contributed by atoms with Gasteiger partial charge in [-0.25, -0.2) is 0 Å². The molecule has 3 nitrogen and oxygen atoms in total. The number of nitrogens with zero attached hydrogens (tertiary/aromatic N) is 2. The normalized spacial score (nSPS) is 18.9. The zero-order chi connectivity index (χ0) is 14.1. The van der Waals surface area contributed by atoms with Gasteiger partial charge in [-0.1, -0.05) is 25.1 Å². The molecule has 1 aromatic rings. The van der Waals surface area contributed by atoms with E-state index in [1.54, 1.807) is 0 Å². The highest BCUT2D eigenvalue weighted by atomic mass is 16.2. The van der Waals surface area contributed by atoms with Crippen LogP contribution in [0.3, 0.4) is 0 Å². The van der Waals surface area contributed by atoms with Gasteiger partial charge in [0, 0.05) is 38.2 Å². The summed E-state index contributed by atoms with van der Waals surface area (Å²) in [6.45, 7) is 5.82. The van der Waals surface area contributed by atoms with Gasteiger partial charge in [-0.3, -0.25) is 4.79 Å². The molecule has 0 saturated carbocycles. The van der Waals surface area contributed by atoms with Crippen LogP contribution in [0.25, 0.3) is 6.08 Å². The Morgan fingerprint density at radius 1 is 1.20 bits per heavy atom. The first-order valence-corrected chi connectivity index (χ1v) is 7.47. The molecule has 0 aromatic heterocycles. The number of carbonyl (C=O) groups excluding carboxylic acids is 1. The van der Waals surface area contributed by atoms with Gasteiger partial charge in [0.05, 0.1) is 0 Å². The first kappa shape index (κ1) is 13.4. The Balaban J connectivity index is 1.74. The Kier molecular flexibility index (Phi) is 3.62. The van der Waals surface area contributed by atoms with Crippen LogP contribution in [0.15, 0.2) is 23.8 Å². The van der Waals surface area contributed by atoms with Gasteiger partial charge in [-0.15, -0.1) is 0 Å². The monoisotopic (exact) mass is 270 g/mol. The lowest BCUT2D eigenvalue weighted by molar-refractivity contribution is -0.128. The second-order valence-corrected chi connectivity index (χ2v) is 5.83. The molecule has 1 saturated heterocycles. The van der Waals surface area contributed by atoms with Gasteiger partial charge < -0.3 is 9.80 Å². The van der Waals surface area contributed by atoms with Crippen molar-refractivity contribution in [3.05, 3.63) is 40.5 Å². The van der Waals surface area contributed by atoms with E-state index in [4.69, 9.17) is 0 Å². The van der Waals surface area contributed by atoms with Crippen LogP contribution in [-0.2, 0) is 17.6 Å². The maximum atomic E-state index is 12.6. The van der Waals surface area contributed by atoms with Crippen LogP contribution in [-0.4, -0.2) is 48.9 Å². The van der Waals surface area contributed by atoms with Gasteiger partial charge >= 0.3 is 0 Å². The van der Waals surface area contributed by atoms with Gasteiger partial charge in [0.25, 0.3) is 0 Å².